The molecule has 0 aliphatic heterocycles. The number of urea groups is 1. The Morgan fingerprint density at radius 2 is 1.80 bits per heavy atom. The number of hydrogen-bond acceptors (Lipinski definition) is 3. The molecule has 2 unspecified atom stereocenters. The molecule has 110 valence electrons. The molecule has 0 spiro atoms. The van der Waals surface area contributed by atoms with Gasteiger partial charge in [0.1, 0.15) is 6.04 Å². The van der Waals surface area contributed by atoms with Gasteiger partial charge in [0, 0.05) is 12.2 Å². The van der Waals surface area contributed by atoms with Gasteiger partial charge in [-0.1, -0.05) is 12.1 Å². The first kappa shape index (κ1) is 16.0. The third-order valence-electron chi connectivity index (χ3n) is 2.74. The second-order valence-electron chi connectivity index (χ2n) is 4.51. The van der Waals surface area contributed by atoms with Crippen molar-refractivity contribution in [2.45, 2.75) is 32.9 Å². The Labute approximate surface area is 118 Å². The molecule has 0 heterocycles. The van der Waals surface area contributed by atoms with Gasteiger partial charge in [0.25, 0.3) is 0 Å². The molecule has 1 aromatic carbocycles. The molecular formula is C14H21N3O3. The molecule has 0 aliphatic rings. The molecule has 0 aliphatic carbocycles. The Bertz CT molecular complexity index is 457. The Kier molecular flexibility index (Phi) is 5.99. The van der Waals surface area contributed by atoms with E-state index in [9.17, 15) is 14.7 Å². The summed E-state index contributed by atoms with van der Waals surface area (Å²) >= 11 is 0. The van der Waals surface area contributed by atoms with Crippen molar-refractivity contribution in [2.75, 3.05) is 11.9 Å². The van der Waals surface area contributed by atoms with Crippen molar-refractivity contribution in [3.05, 3.63) is 29.8 Å². The summed E-state index contributed by atoms with van der Waals surface area (Å²) in [6.45, 7) is 5.62. The van der Waals surface area contributed by atoms with Gasteiger partial charge in [-0.15, -0.1) is 0 Å². The molecule has 4 N–H and O–H groups in total. The van der Waals surface area contributed by atoms with Crippen molar-refractivity contribution in [1.29, 1.82) is 0 Å². The first-order chi connectivity index (χ1) is 9.43. The number of rotatable bonds is 5. The van der Waals surface area contributed by atoms with Crippen LogP contribution in [0, 0.1) is 0 Å². The second-order valence-corrected chi connectivity index (χ2v) is 4.51. The van der Waals surface area contributed by atoms with Crippen LogP contribution in [0.4, 0.5) is 10.5 Å². The van der Waals surface area contributed by atoms with Crippen LogP contribution in [0.25, 0.3) is 0 Å². The summed E-state index contributed by atoms with van der Waals surface area (Å²) in [6.07, 6.45) is -0.546. The number of carbonyl (C=O) groups excluding carboxylic acids is 2. The van der Waals surface area contributed by atoms with Crippen molar-refractivity contribution in [3.8, 4) is 0 Å². The minimum Gasteiger partial charge on any atom is -0.389 e. The molecule has 1 aromatic rings. The fourth-order valence-corrected chi connectivity index (χ4v) is 1.60. The van der Waals surface area contributed by atoms with Gasteiger partial charge in [-0.05, 0) is 38.5 Å². The van der Waals surface area contributed by atoms with Crippen LogP contribution in [0.1, 0.15) is 32.4 Å². The molecule has 2 atom stereocenters. The van der Waals surface area contributed by atoms with Crippen molar-refractivity contribution >= 4 is 17.6 Å². The van der Waals surface area contributed by atoms with Crippen molar-refractivity contribution < 1.29 is 14.7 Å². The number of aliphatic hydroxyl groups is 1. The van der Waals surface area contributed by atoms with E-state index in [1.165, 1.54) is 0 Å². The molecule has 6 nitrogen and oxygen atoms in total. The van der Waals surface area contributed by atoms with Gasteiger partial charge in [-0.3, -0.25) is 4.79 Å². The molecular weight excluding hydrogens is 258 g/mol. The third kappa shape index (κ3) is 4.89. The molecule has 0 aromatic heterocycles. The smallest absolute Gasteiger partial charge is 0.319 e. The summed E-state index contributed by atoms with van der Waals surface area (Å²) in [5.74, 6) is -0.230. The van der Waals surface area contributed by atoms with Gasteiger partial charge in [0.05, 0.1) is 6.10 Å². The molecule has 3 amide bonds. The van der Waals surface area contributed by atoms with Crippen molar-refractivity contribution in [3.63, 3.8) is 0 Å². The number of aliphatic hydroxyl groups excluding tert-OH is 1. The molecule has 0 radical (unpaired) electrons. The normalized spacial score (nSPS) is 13.2. The molecule has 20 heavy (non-hydrogen) atoms. The Morgan fingerprint density at radius 3 is 2.30 bits per heavy atom. The molecule has 0 fully saturated rings. The number of benzene rings is 1. The zero-order valence-corrected chi connectivity index (χ0v) is 11.9. The molecule has 6 heteroatoms. The lowest BCUT2D eigenvalue weighted by atomic mass is 10.1. The fourth-order valence-electron chi connectivity index (χ4n) is 1.60. The van der Waals surface area contributed by atoms with Crippen LogP contribution >= 0.6 is 0 Å². The average Bonchev–Trinajstić information content (AvgIpc) is 2.39. The summed E-state index contributed by atoms with van der Waals surface area (Å²) in [7, 11) is 0. The monoisotopic (exact) mass is 279 g/mol. The summed E-state index contributed by atoms with van der Waals surface area (Å²) in [4.78, 5) is 23.2. The predicted octanol–water partition coefficient (Wildman–Crippen LogP) is 1.39. The highest BCUT2D eigenvalue weighted by Crippen LogP contribution is 2.15. The van der Waals surface area contributed by atoms with Crippen LogP contribution in [0.15, 0.2) is 24.3 Å². The van der Waals surface area contributed by atoms with E-state index in [2.05, 4.69) is 16.0 Å². The highest BCUT2D eigenvalue weighted by Gasteiger charge is 2.14. The minimum absolute atomic E-state index is 0.230. The lowest BCUT2D eigenvalue weighted by molar-refractivity contribution is -0.122. The molecule has 0 saturated heterocycles. The van der Waals surface area contributed by atoms with Crippen molar-refractivity contribution in [2.24, 2.45) is 0 Å². The first-order valence-corrected chi connectivity index (χ1v) is 6.57. The standard InChI is InChI=1S/C14H21N3O3/c1-4-15-13(19)9(2)16-14(20)17-12-7-5-11(6-8-12)10(3)18/h5-10,18H,4H2,1-3H3,(H,15,19)(H2,16,17,20). The summed E-state index contributed by atoms with van der Waals surface area (Å²) in [6, 6.07) is 5.79. The van der Waals surface area contributed by atoms with E-state index in [0.717, 1.165) is 5.56 Å². The predicted molar refractivity (Wildman–Crippen MR) is 77.4 cm³/mol. The van der Waals surface area contributed by atoms with E-state index >= 15 is 0 Å². The van der Waals surface area contributed by atoms with E-state index in [0.29, 0.717) is 12.2 Å². The van der Waals surface area contributed by atoms with Crippen LogP contribution in [-0.2, 0) is 4.79 Å². The van der Waals surface area contributed by atoms with Crippen LogP contribution in [0.3, 0.4) is 0 Å². The number of hydrogen-bond donors (Lipinski definition) is 4. The highest BCUT2D eigenvalue weighted by molar-refractivity contribution is 5.93. The lowest BCUT2D eigenvalue weighted by Crippen LogP contribution is -2.46. The second kappa shape index (κ2) is 7.49. The number of amides is 3. The number of likely N-dealkylation sites (N-methyl/N-ethyl adjacent to an activating group) is 1. The number of nitrogens with one attached hydrogen (secondary N) is 3. The van der Waals surface area contributed by atoms with Crippen LogP contribution in [0.2, 0.25) is 0 Å². The largest absolute Gasteiger partial charge is 0.389 e. The van der Waals surface area contributed by atoms with E-state index in [4.69, 9.17) is 0 Å². The topological polar surface area (TPSA) is 90.5 Å². The summed E-state index contributed by atoms with van der Waals surface area (Å²) in [5.41, 5.74) is 1.36. The Morgan fingerprint density at radius 1 is 1.20 bits per heavy atom. The van der Waals surface area contributed by atoms with E-state index in [-0.39, 0.29) is 5.91 Å². The number of carbonyl (C=O) groups is 2. The average molecular weight is 279 g/mol. The Hall–Kier alpha value is -2.08. The van der Waals surface area contributed by atoms with Gasteiger partial charge in [-0.25, -0.2) is 4.79 Å². The van der Waals surface area contributed by atoms with Gasteiger partial charge in [-0.2, -0.15) is 0 Å². The van der Waals surface area contributed by atoms with Crippen LogP contribution < -0.4 is 16.0 Å². The zero-order chi connectivity index (χ0) is 15.1. The SMILES string of the molecule is CCNC(=O)C(C)NC(=O)Nc1ccc(C(C)O)cc1. The summed E-state index contributed by atoms with van der Waals surface area (Å²) < 4.78 is 0. The summed E-state index contributed by atoms with van der Waals surface area (Å²) in [5, 5.41) is 17.2. The Balaban J connectivity index is 2.51. The fraction of sp³-hybridized carbons (Fsp3) is 0.429. The zero-order valence-electron chi connectivity index (χ0n) is 11.9. The van der Waals surface area contributed by atoms with Gasteiger partial charge in [0.2, 0.25) is 5.91 Å². The molecule has 0 bridgehead atoms. The van der Waals surface area contributed by atoms with Crippen molar-refractivity contribution in [1.82, 2.24) is 10.6 Å². The number of anilines is 1. The highest BCUT2D eigenvalue weighted by atomic mass is 16.3. The molecule has 1 rings (SSSR count). The van der Waals surface area contributed by atoms with E-state index in [1.54, 1.807) is 38.1 Å². The van der Waals surface area contributed by atoms with Crippen LogP contribution in [0.5, 0.6) is 0 Å². The maximum Gasteiger partial charge on any atom is 0.319 e. The maximum absolute atomic E-state index is 11.7. The van der Waals surface area contributed by atoms with Gasteiger partial charge >= 0.3 is 6.03 Å². The maximum atomic E-state index is 11.7. The third-order valence-corrected chi connectivity index (χ3v) is 2.74. The van der Waals surface area contributed by atoms with Gasteiger partial charge in [0.15, 0.2) is 0 Å². The minimum atomic E-state index is -0.605. The van der Waals surface area contributed by atoms with E-state index in [1.807, 2.05) is 6.92 Å². The van der Waals surface area contributed by atoms with E-state index < -0.39 is 18.2 Å². The molecule has 0 saturated carbocycles. The van der Waals surface area contributed by atoms with Crippen LogP contribution in [-0.4, -0.2) is 29.6 Å². The lowest BCUT2D eigenvalue weighted by Gasteiger charge is -2.14. The van der Waals surface area contributed by atoms with Gasteiger partial charge < -0.3 is 21.1 Å². The quantitative estimate of drug-likeness (QED) is 0.656. The first-order valence-electron chi connectivity index (χ1n) is 6.57.